The van der Waals surface area contributed by atoms with E-state index in [9.17, 15) is 20.5 Å². The van der Waals surface area contributed by atoms with Gasteiger partial charge in [-0.05, 0) is 108 Å². The predicted molar refractivity (Wildman–Crippen MR) is 237 cm³/mol. The first kappa shape index (κ1) is 27.9. The van der Waals surface area contributed by atoms with Crippen LogP contribution in [0.4, 0.5) is 18.4 Å². The van der Waals surface area contributed by atoms with E-state index in [1.807, 2.05) is 0 Å². The summed E-state index contributed by atoms with van der Waals surface area (Å²) in [6.45, 7) is -15.4. The SMILES string of the molecule is [2H]C([2H])([2H])C([2H])(C([2H])([2H])[2H])[C@@]([2H])(NC(=O)OC)C(=O)N1CC2(CC2)C[C@H]1c1ncc(-c2ccc3c(c2)C(F)(F)c2cc(-c4ccc5nc([C@@H]6[C@H]7CC[C@H](C7)N6C(=O)[C@]([2H])(NC(=O)OC)C([2H])(C([2H])([2H])[2H])C([2H])([2H])[2H])[nH]c5c4)ccc2-3)[nH]1. The van der Waals surface area contributed by atoms with Crippen LogP contribution in [0.2, 0.25) is 0 Å². The highest BCUT2D eigenvalue weighted by Gasteiger charge is 2.56. The number of fused-ring (bicyclic) bond motifs is 6. The van der Waals surface area contributed by atoms with Crippen LogP contribution in [0.3, 0.4) is 0 Å². The van der Waals surface area contributed by atoms with Crippen LogP contribution in [0.1, 0.15) is 123 Å². The van der Waals surface area contributed by atoms with Crippen LogP contribution >= 0.6 is 0 Å². The van der Waals surface area contributed by atoms with Crippen LogP contribution < -0.4 is 10.6 Å². The summed E-state index contributed by atoms with van der Waals surface area (Å²) in [6.07, 6.45) is 1.03. The largest absolute Gasteiger partial charge is 0.453 e. The number of amides is 4. The summed E-state index contributed by atoms with van der Waals surface area (Å²) in [5, 5.41) is 3.56. The lowest BCUT2D eigenvalue weighted by atomic mass is 9.95. The zero-order chi connectivity index (χ0) is 59.4. The topological polar surface area (TPSA) is 175 Å². The molecule has 16 heteroatoms. The lowest BCUT2D eigenvalue weighted by Gasteiger charge is -2.37. The molecule has 65 heavy (non-hydrogen) atoms. The van der Waals surface area contributed by atoms with Crippen molar-refractivity contribution in [3.05, 3.63) is 83.6 Å². The smallest absolute Gasteiger partial charge is 0.407 e. The number of benzene rings is 3. The zero-order valence-corrected chi connectivity index (χ0v) is 35.0. The Labute approximate surface area is 397 Å². The molecule has 2 bridgehead atoms. The minimum atomic E-state index is -3.91. The molecule has 3 aliphatic carbocycles. The number of alkyl carbamates (subject to hydrolysis) is 2. The van der Waals surface area contributed by atoms with E-state index >= 15 is 8.78 Å². The van der Waals surface area contributed by atoms with Gasteiger partial charge in [-0.2, -0.15) is 8.78 Å². The number of ether oxygens (including phenoxy) is 2. The Morgan fingerprint density at radius 3 is 2.12 bits per heavy atom. The van der Waals surface area contributed by atoms with Gasteiger partial charge >= 0.3 is 12.2 Å². The maximum Gasteiger partial charge on any atom is 0.407 e. The fraction of sp³-hybridized carbons (Fsp3) is 0.469. The highest BCUT2D eigenvalue weighted by molar-refractivity contribution is 5.89. The van der Waals surface area contributed by atoms with Gasteiger partial charge < -0.3 is 39.9 Å². The number of rotatable bonds is 10. The van der Waals surface area contributed by atoms with Crippen LogP contribution in [0.25, 0.3) is 44.5 Å². The number of methoxy groups -OCH3 is 2. The van der Waals surface area contributed by atoms with Gasteiger partial charge in [0.2, 0.25) is 11.8 Å². The average Bonchev–Trinajstić information content (AvgIpc) is 2.11. The van der Waals surface area contributed by atoms with Crippen LogP contribution in [-0.4, -0.2) is 92.6 Å². The molecule has 2 aliphatic heterocycles. The summed E-state index contributed by atoms with van der Waals surface area (Å²) in [5.41, 5.74) is 1.40. The maximum atomic E-state index is 16.9. The van der Waals surface area contributed by atoms with Crippen molar-refractivity contribution in [1.29, 1.82) is 0 Å². The first-order valence-electron chi connectivity index (χ1n) is 29.0. The Balaban J connectivity index is 0.928. The average molecular weight is 905 g/mol. The minimum absolute atomic E-state index is 0.0868. The van der Waals surface area contributed by atoms with Gasteiger partial charge in [-0.1, -0.05) is 57.7 Å². The van der Waals surface area contributed by atoms with Gasteiger partial charge in [0, 0.05) is 48.5 Å². The number of aromatic nitrogens is 4. The van der Waals surface area contributed by atoms with E-state index in [1.165, 1.54) is 24.4 Å². The summed E-state index contributed by atoms with van der Waals surface area (Å²) in [6, 6.07) is 3.92. The number of hydrogen-bond acceptors (Lipinski definition) is 8. The molecule has 6 atom stereocenters. The molecule has 340 valence electrons. The molecule has 5 aliphatic rings. The molecule has 0 radical (unpaired) electrons. The molecule has 1 spiro atoms. The van der Waals surface area contributed by atoms with Crippen molar-refractivity contribution < 1.29 is 59.4 Å². The highest BCUT2D eigenvalue weighted by Crippen LogP contribution is 2.59. The number of piperidine rings is 1. The van der Waals surface area contributed by atoms with Crippen LogP contribution in [-0.2, 0) is 25.0 Å². The number of H-pyrrole nitrogens is 2. The fourth-order valence-corrected chi connectivity index (χ4v) is 10.3. The van der Waals surface area contributed by atoms with Crippen molar-refractivity contribution in [3.63, 3.8) is 0 Å². The van der Waals surface area contributed by atoms with Crippen molar-refractivity contribution in [2.75, 3.05) is 20.8 Å². The number of carbonyl (C=O) groups is 4. The Bertz CT molecular complexity index is 3390. The summed E-state index contributed by atoms with van der Waals surface area (Å²) in [7, 11) is 1.71. The van der Waals surface area contributed by atoms with E-state index in [4.69, 9.17) is 25.5 Å². The van der Waals surface area contributed by atoms with Crippen molar-refractivity contribution in [1.82, 2.24) is 40.4 Å². The third kappa shape index (κ3) is 7.19. The zero-order valence-electron chi connectivity index (χ0n) is 51.0. The molecule has 2 aromatic heterocycles. The van der Waals surface area contributed by atoms with E-state index in [2.05, 4.69) is 24.4 Å². The van der Waals surface area contributed by atoms with Gasteiger partial charge in [-0.3, -0.25) is 9.59 Å². The summed E-state index contributed by atoms with van der Waals surface area (Å²) in [4.78, 5) is 72.2. The minimum Gasteiger partial charge on any atom is -0.453 e. The molecule has 3 aromatic carbocycles. The van der Waals surface area contributed by atoms with E-state index in [1.54, 1.807) is 47.0 Å². The van der Waals surface area contributed by atoms with E-state index in [0.29, 0.717) is 54.3 Å². The second-order valence-electron chi connectivity index (χ2n) is 17.4. The molecule has 2 saturated heterocycles. The van der Waals surface area contributed by atoms with Gasteiger partial charge in [-0.25, -0.2) is 19.6 Å². The second kappa shape index (κ2) is 15.7. The molecule has 4 fully saturated rings. The van der Waals surface area contributed by atoms with E-state index in [0.717, 1.165) is 24.0 Å². The molecule has 4 amide bonds. The molecular weight excluding hydrogens is 835 g/mol. The highest BCUT2D eigenvalue weighted by atomic mass is 19.3. The number of hydrogen-bond donors (Lipinski definition) is 4. The Morgan fingerprint density at radius 1 is 0.831 bits per heavy atom. The number of nitrogens with zero attached hydrogens (tertiary/aromatic N) is 4. The van der Waals surface area contributed by atoms with Crippen molar-refractivity contribution in [2.24, 2.45) is 23.1 Å². The molecule has 4 N–H and O–H groups in total. The van der Waals surface area contributed by atoms with Gasteiger partial charge in [-0.15, -0.1) is 0 Å². The summed E-state index contributed by atoms with van der Waals surface area (Å²) < 4.78 is 176. The number of carbonyl (C=O) groups excluding carboxylic acids is 4. The van der Waals surface area contributed by atoms with Gasteiger partial charge in [0.15, 0.2) is 0 Å². The third-order valence-electron chi connectivity index (χ3n) is 13.6. The lowest BCUT2D eigenvalue weighted by molar-refractivity contribution is -0.139. The monoisotopic (exact) mass is 905 g/mol. The second-order valence-corrected chi connectivity index (χ2v) is 17.4. The predicted octanol–water partition coefficient (Wildman–Crippen LogP) is 8.61. The van der Waals surface area contributed by atoms with Gasteiger partial charge in [0.25, 0.3) is 5.92 Å². The Morgan fingerprint density at radius 2 is 1.46 bits per heavy atom. The molecule has 10 rings (SSSR count). The van der Waals surface area contributed by atoms with Crippen LogP contribution in [0.15, 0.2) is 60.8 Å². The van der Waals surface area contributed by atoms with Gasteiger partial charge in [0.1, 0.15) is 23.7 Å². The van der Waals surface area contributed by atoms with E-state index in [-0.39, 0.29) is 64.0 Å². The summed E-state index contributed by atoms with van der Waals surface area (Å²) >= 11 is 0. The first-order valence-corrected chi connectivity index (χ1v) is 21.0. The molecule has 0 unspecified atom stereocenters. The van der Waals surface area contributed by atoms with Gasteiger partial charge in [0.05, 0.1) is 52.0 Å². The molecule has 14 nitrogen and oxygen atoms in total. The Hall–Kier alpha value is -6.32. The quantitative estimate of drug-likeness (QED) is 0.108. The van der Waals surface area contributed by atoms with Crippen molar-refractivity contribution in [2.45, 2.75) is 102 Å². The molecular formula is C49H54F2N8O6. The van der Waals surface area contributed by atoms with Crippen molar-refractivity contribution >= 4 is 35.0 Å². The summed E-state index contributed by atoms with van der Waals surface area (Å²) in [5.74, 6) is -14.4. The van der Waals surface area contributed by atoms with Crippen LogP contribution in [0.5, 0.6) is 0 Å². The number of imidazole rings is 2. The normalized spacial score (nSPS) is 28.6. The standard InChI is InChI=1S/C49H54F2N8O6/c1-24(2)39(56-46(62)64-5)44(60)58-23-48(15-16-48)21-38(58)42-52-22-37(55-42)28-9-13-32-31-12-8-26(18-33(31)49(50,51)34(32)19-28)27-10-14-35-36(20-27)54-43(53-35)41-29-7-11-30(17-29)59(41)45(61)40(25(3)4)57-47(63)65-6/h8-10,12-14,18-20,22,24-25,29-30,38-41H,7,11,15-17,21,23H2,1-6H3,(H,52,55)(H,53,54)(H,56,62)(H,57,63)/t29-,30+,38-,39+,40+,41-/m0/s1/i1D3,2D3,3D3,4D3,24D,25D,39D,40D. The number of nitrogens with one attached hydrogen (secondary N) is 4. The fourth-order valence-electron chi connectivity index (χ4n) is 10.3. The molecule has 2 saturated carbocycles. The maximum absolute atomic E-state index is 16.9. The first-order chi connectivity index (χ1) is 37.4. The number of halogens is 2. The number of likely N-dealkylation sites (tertiary alicyclic amines) is 2. The Kier molecular flexibility index (Phi) is 6.73. The third-order valence-corrected chi connectivity index (χ3v) is 13.6. The van der Waals surface area contributed by atoms with Crippen LogP contribution in [0, 0.1) is 23.1 Å². The number of aromatic amines is 2. The van der Waals surface area contributed by atoms with Crippen molar-refractivity contribution in [3.8, 4) is 33.5 Å². The molecule has 5 aromatic rings. The lowest BCUT2D eigenvalue weighted by Crippen LogP contribution is -2.54. The molecule has 4 heterocycles. The van der Waals surface area contributed by atoms with E-state index < -0.39 is 105 Å². The number of alkyl halides is 2.